The zero-order valence-electron chi connectivity index (χ0n) is 5.78. The number of rotatable bonds is 4. The van der Waals surface area contributed by atoms with Crippen molar-refractivity contribution in [2.75, 3.05) is 13.1 Å². The second kappa shape index (κ2) is 4.85. The summed E-state index contributed by atoms with van der Waals surface area (Å²) in [6.07, 6.45) is 1.88. The molecule has 1 heteroatoms. The summed E-state index contributed by atoms with van der Waals surface area (Å²) in [7, 11) is 0. The first-order chi connectivity index (χ1) is 3.77. The standard InChI is InChI=1S/C7H15N/c1-4-5-8-6-7(2)3/h4,7-8H,1,5-6H2,2-3H3. The molecule has 0 aromatic rings. The fraction of sp³-hybridized carbons (Fsp3) is 0.714. The minimum atomic E-state index is 0.745. The zero-order valence-corrected chi connectivity index (χ0v) is 5.78. The minimum absolute atomic E-state index is 0.745. The Bertz CT molecular complexity index is 57.4. The summed E-state index contributed by atoms with van der Waals surface area (Å²) in [5.41, 5.74) is 0. The molecular weight excluding hydrogens is 98.1 g/mol. The van der Waals surface area contributed by atoms with Crippen LogP contribution in [-0.2, 0) is 0 Å². The molecule has 8 heavy (non-hydrogen) atoms. The molecule has 0 spiro atoms. The molecular formula is C7H15N. The van der Waals surface area contributed by atoms with E-state index in [4.69, 9.17) is 0 Å². The summed E-state index contributed by atoms with van der Waals surface area (Å²) in [6.45, 7) is 9.99. The molecule has 1 nitrogen and oxygen atoms in total. The Hall–Kier alpha value is -0.300. The van der Waals surface area contributed by atoms with Crippen molar-refractivity contribution in [3.8, 4) is 0 Å². The van der Waals surface area contributed by atoms with Gasteiger partial charge in [-0.1, -0.05) is 19.9 Å². The van der Waals surface area contributed by atoms with E-state index in [0.717, 1.165) is 19.0 Å². The van der Waals surface area contributed by atoms with Gasteiger partial charge >= 0.3 is 0 Å². The van der Waals surface area contributed by atoms with Crippen LogP contribution in [0, 0.1) is 5.92 Å². The lowest BCUT2D eigenvalue weighted by Crippen LogP contribution is -2.18. The van der Waals surface area contributed by atoms with Gasteiger partial charge in [-0.2, -0.15) is 0 Å². The Balaban J connectivity index is 2.81. The first-order valence-corrected chi connectivity index (χ1v) is 3.09. The molecule has 0 atom stereocenters. The molecule has 1 N–H and O–H groups in total. The minimum Gasteiger partial charge on any atom is -0.313 e. The van der Waals surface area contributed by atoms with Crippen molar-refractivity contribution in [3.63, 3.8) is 0 Å². The quantitative estimate of drug-likeness (QED) is 0.429. The molecule has 0 saturated carbocycles. The molecule has 48 valence electrons. The number of hydrogen-bond acceptors (Lipinski definition) is 1. The lowest BCUT2D eigenvalue weighted by molar-refractivity contribution is 0.577. The van der Waals surface area contributed by atoms with Gasteiger partial charge in [0.05, 0.1) is 0 Å². The maximum atomic E-state index is 3.60. The lowest BCUT2D eigenvalue weighted by Gasteiger charge is -2.02. The third-order valence-corrected chi connectivity index (χ3v) is 0.841. The van der Waals surface area contributed by atoms with E-state index >= 15 is 0 Å². The van der Waals surface area contributed by atoms with Gasteiger partial charge in [-0.3, -0.25) is 0 Å². The maximum Gasteiger partial charge on any atom is 0.0132 e. The zero-order chi connectivity index (χ0) is 6.41. The first-order valence-electron chi connectivity index (χ1n) is 3.09. The Morgan fingerprint density at radius 3 is 2.62 bits per heavy atom. The molecule has 0 aliphatic carbocycles. The summed E-state index contributed by atoms with van der Waals surface area (Å²) in [5, 5.41) is 3.22. The SMILES string of the molecule is C=CCNCC(C)C. The molecule has 0 unspecified atom stereocenters. The summed E-state index contributed by atoms with van der Waals surface area (Å²) in [6, 6.07) is 0. The highest BCUT2D eigenvalue weighted by Gasteiger charge is 1.87. The van der Waals surface area contributed by atoms with Crippen LogP contribution in [0.25, 0.3) is 0 Å². The van der Waals surface area contributed by atoms with Crippen LogP contribution in [0.1, 0.15) is 13.8 Å². The van der Waals surface area contributed by atoms with Crippen molar-refractivity contribution in [3.05, 3.63) is 12.7 Å². The normalized spacial score (nSPS) is 9.88. The average Bonchev–Trinajstić information content (AvgIpc) is 1.66. The van der Waals surface area contributed by atoms with Crippen LogP contribution >= 0.6 is 0 Å². The molecule has 0 heterocycles. The van der Waals surface area contributed by atoms with Crippen LogP contribution in [0.15, 0.2) is 12.7 Å². The van der Waals surface area contributed by atoms with Crippen molar-refractivity contribution < 1.29 is 0 Å². The smallest absolute Gasteiger partial charge is 0.0132 e. The largest absolute Gasteiger partial charge is 0.313 e. The molecule has 0 aliphatic heterocycles. The summed E-state index contributed by atoms with van der Waals surface area (Å²) in [4.78, 5) is 0. The summed E-state index contributed by atoms with van der Waals surface area (Å²) in [5.74, 6) is 0.745. The van der Waals surface area contributed by atoms with Gasteiger partial charge in [-0.25, -0.2) is 0 Å². The van der Waals surface area contributed by atoms with Crippen LogP contribution in [0.3, 0.4) is 0 Å². The fourth-order valence-electron chi connectivity index (χ4n) is 0.474. The van der Waals surface area contributed by atoms with Crippen LogP contribution in [-0.4, -0.2) is 13.1 Å². The Morgan fingerprint density at radius 2 is 2.25 bits per heavy atom. The van der Waals surface area contributed by atoms with Crippen molar-refractivity contribution in [1.29, 1.82) is 0 Å². The van der Waals surface area contributed by atoms with Crippen molar-refractivity contribution >= 4 is 0 Å². The Labute approximate surface area is 51.8 Å². The molecule has 0 fully saturated rings. The molecule has 0 saturated heterocycles. The third kappa shape index (κ3) is 5.70. The Kier molecular flexibility index (Phi) is 4.67. The molecule has 0 aromatic carbocycles. The van der Waals surface area contributed by atoms with E-state index < -0.39 is 0 Å². The van der Waals surface area contributed by atoms with Gasteiger partial charge in [0, 0.05) is 6.54 Å². The van der Waals surface area contributed by atoms with Gasteiger partial charge in [-0.15, -0.1) is 6.58 Å². The van der Waals surface area contributed by atoms with E-state index in [-0.39, 0.29) is 0 Å². The molecule has 0 bridgehead atoms. The molecule has 0 aliphatic rings. The molecule has 0 rings (SSSR count). The monoisotopic (exact) mass is 113 g/mol. The average molecular weight is 113 g/mol. The van der Waals surface area contributed by atoms with E-state index in [2.05, 4.69) is 25.7 Å². The van der Waals surface area contributed by atoms with Gasteiger partial charge in [0.2, 0.25) is 0 Å². The molecule has 0 amide bonds. The van der Waals surface area contributed by atoms with Gasteiger partial charge in [0.1, 0.15) is 0 Å². The highest BCUT2D eigenvalue weighted by atomic mass is 14.8. The van der Waals surface area contributed by atoms with E-state index in [0.29, 0.717) is 0 Å². The maximum absolute atomic E-state index is 3.60. The van der Waals surface area contributed by atoms with E-state index in [9.17, 15) is 0 Å². The second-order valence-electron chi connectivity index (χ2n) is 2.34. The number of hydrogen-bond donors (Lipinski definition) is 1. The van der Waals surface area contributed by atoms with Crippen molar-refractivity contribution in [1.82, 2.24) is 5.32 Å². The third-order valence-electron chi connectivity index (χ3n) is 0.841. The summed E-state index contributed by atoms with van der Waals surface area (Å²) < 4.78 is 0. The van der Waals surface area contributed by atoms with E-state index in [1.54, 1.807) is 0 Å². The van der Waals surface area contributed by atoms with Crippen LogP contribution < -0.4 is 5.32 Å². The lowest BCUT2D eigenvalue weighted by atomic mass is 10.2. The molecule has 0 radical (unpaired) electrons. The first kappa shape index (κ1) is 7.70. The van der Waals surface area contributed by atoms with E-state index in [1.165, 1.54) is 0 Å². The fourth-order valence-corrected chi connectivity index (χ4v) is 0.474. The van der Waals surface area contributed by atoms with Crippen molar-refractivity contribution in [2.24, 2.45) is 5.92 Å². The van der Waals surface area contributed by atoms with Crippen LogP contribution in [0.4, 0.5) is 0 Å². The van der Waals surface area contributed by atoms with Crippen LogP contribution in [0.5, 0.6) is 0 Å². The van der Waals surface area contributed by atoms with Gasteiger partial charge in [-0.05, 0) is 12.5 Å². The second-order valence-corrected chi connectivity index (χ2v) is 2.34. The van der Waals surface area contributed by atoms with E-state index in [1.807, 2.05) is 6.08 Å². The highest BCUT2D eigenvalue weighted by Crippen LogP contribution is 1.85. The predicted octanol–water partition coefficient (Wildman–Crippen LogP) is 1.42. The topological polar surface area (TPSA) is 12.0 Å². The van der Waals surface area contributed by atoms with Crippen molar-refractivity contribution in [2.45, 2.75) is 13.8 Å². The van der Waals surface area contributed by atoms with Gasteiger partial charge in [0.15, 0.2) is 0 Å². The summed E-state index contributed by atoms with van der Waals surface area (Å²) >= 11 is 0. The van der Waals surface area contributed by atoms with Gasteiger partial charge in [0.25, 0.3) is 0 Å². The predicted molar refractivity (Wildman–Crippen MR) is 37.9 cm³/mol. The highest BCUT2D eigenvalue weighted by molar-refractivity contribution is 4.69. The number of nitrogens with one attached hydrogen (secondary N) is 1. The van der Waals surface area contributed by atoms with Crippen LogP contribution in [0.2, 0.25) is 0 Å². The van der Waals surface area contributed by atoms with Gasteiger partial charge < -0.3 is 5.32 Å². The molecule has 0 aromatic heterocycles. The Morgan fingerprint density at radius 1 is 1.62 bits per heavy atom.